The highest BCUT2D eigenvalue weighted by molar-refractivity contribution is 7.92. The number of sulfonamides is 1. The molecule has 0 saturated heterocycles. The Morgan fingerprint density at radius 2 is 1.71 bits per heavy atom. The number of hydrogen-bond acceptors (Lipinski definition) is 5. The second-order valence-electron chi connectivity index (χ2n) is 7.78. The number of amides is 1. The Morgan fingerprint density at radius 1 is 0.971 bits per heavy atom. The zero-order valence-electron chi connectivity index (χ0n) is 19.8. The van der Waals surface area contributed by atoms with Gasteiger partial charge in [0.15, 0.2) is 0 Å². The first-order valence-electron chi connectivity index (χ1n) is 11.0. The van der Waals surface area contributed by atoms with E-state index in [0.717, 1.165) is 21.2 Å². The predicted molar refractivity (Wildman–Crippen MR) is 133 cm³/mol. The molecular formula is C26H30N2O5S. The van der Waals surface area contributed by atoms with Gasteiger partial charge in [0.2, 0.25) is 5.91 Å². The fourth-order valence-electron chi connectivity index (χ4n) is 3.71. The van der Waals surface area contributed by atoms with Crippen LogP contribution in [0.4, 0.5) is 5.69 Å². The molecule has 0 aromatic heterocycles. The quantitative estimate of drug-likeness (QED) is 0.461. The summed E-state index contributed by atoms with van der Waals surface area (Å²) in [5.74, 6) is 0.844. The first-order chi connectivity index (χ1) is 16.3. The van der Waals surface area contributed by atoms with Gasteiger partial charge in [0.05, 0.1) is 30.8 Å². The maximum Gasteiger partial charge on any atom is 0.264 e. The molecule has 0 radical (unpaired) electrons. The highest BCUT2D eigenvalue weighted by atomic mass is 32.2. The van der Waals surface area contributed by atoms with Crippen molar-refractivity contribution in [2.45, 2.75) is 31.2 Å². The summed E-state index contributed by atoms with van der Waals surface area (Å²) in [7, 11) is -0.880. The van der Waals surface area contributed by atoms with E-state index >= 15 is 0 Å². The molecule has 1 amide bonds. The molecule has 1 N–H and O–H groups in total. The maximum atomic E-state index is 13.5. The molecule has 3 rings (SSSR count). The van der Waals surface area contributed by atoms with Crippen LogP contribution in [-0.2, 0) is 14.8 Å². The Morgan fingerprint density at radius 3 is 2.32 bits per heavy atom. The molecule has 7 nitrogen and oxygen atoms in total. The van der Waals surface area contributed by atoms with E-state index in [4.69, 9.17) is 9.47 Å². The third kappa shape index (κ3) is 5.69. The lowest BCUT2D eigenvalue weighted by Gasteiger charge is -2.26. The number of carbonyl (C=O) groups excluding carboxylic acids is 1. The molecule has 1 atom stereocenters. The number of hydrogen-bond donors (Lipinski definition) is 1. The first-order valence-corrected chi connectivity index (χ1v) is 12.4. The van der Waals surface area contributed by atoms with E-state index in [9.17, 15) is 13.2 Å². The average Bonchev–Trinajstić information content (AvgIpc) is 2.86. The Bertz CT molecular complexity index is 1230. The maximum absolute atomic E-state index is 13.5. The summed E-state index contributed by atoms with van der Waals surface area (Å²) < 4.78 is 38.7. The molecule has 0 unspecified atom stereocenters. The summed E-state index contributed by atoms with van der Waals surface area (Å²) in [6.07, 6.45) is 0.641. The number of rotatable bonds is 10. The Balaban J connectivity index is 1.91. The van der Waals surface area contributed by atoms with Crippen LogP contribution >= 0.6 is 0 Å². The molecule has 0 bridgehead atoms. The van der Waals surface area contributed by atoms with Crippen molar-refractivity contribution in [3.8, 4) is 11.5 Å². The zero-order chi connectivity index (χ0) is 24.7. The summed E-state index contributed by atoms with van der Waals surface area (Å²) in [6.45, 7) is 3.52. The standard InChI is InChI=1S/C26H30N2O5S/c1-5-24(20-14-15-25(33-4)19(2)16-20)27-26(29)18-28(21-10-9-11-22(17-21)32-3)34(30,31)23-12-7-6-8-13-23/h6-17,24H,5,18H2,1-4H3,(H,27,29)/t24-/m0/s1. The third-order valence-electron chi connectivity index (χ3n) is 5.52. The molecule has 8 heteroatoms. The minimum Gasteiger partial charge on any atom is -0.497 e. The highest BCUT2D eigenvalue weighted by Gasteiger charge is 2.28. The normalized spacial score (nSPS) is 12.0. The number of benzene rings is 3. The van der Waals surface area contributed by atoms with Crippen molar-refractivity contribution in [3.05, 3.63) is 83.9 Å². The van der Waals surface area contributed by atoms with Crippen LogP contribution in [0.2, 0.25) is 0 Å². The van der Waals surface area contributed by atoms with E-state index in [2.05, 4.69) is 5.32 Å². The molecule has 3 aromatic carbocycles. The monoisotopic (exact) mass is 482 g/mol. The lowest BCUT2D eigenvalue weighted by Crippen LogP contribution is -2.42. The number of methoxy groups -OCH3 is 2. The van der Waals surface area contributed by atoms with Crippen molar-refractivity contribution < 1.29 is 22.7 Å². The van der Waals surface area contributed by atoms with Crippen molar-refractivity contribution >= 4 is 21.6 Å². The number of nitrogens with one attached hydrogen (secondary N) is 1. The molecular weight excluding hydrogens is 452 g/mol. The van der Waals surface area contributed by atoms with Gasteiger partial charge in [0.25, 0.3) is 10.0 Å². The van der Waals surface area contributed by atoms with Crippen LogP contribution in [0.25, 0.3) is 0 Å². The number of ether oxygens (including phenoxy) is 2. The van der Waals surface area contributed by atoms with E-state index in [0.29, 0.717) is 17.9 Å². The fraction of sp³-hybridized carbons (Fsp3) is 0.269. The SMILES string of the molecule is CC[C@H](NC(=O)CN(c1cccc(OC)c1)S(=O)(=O)c1ccccc1)c1ccc(OC)c(C)c1. The average molecular weight is 483 g/mol. The number of nitrogens with zero attached hydrogens (tertiary/aromatic N) is 1. The van der Waals surface area contributed by atoms with Gasteiger partial charge in [0.1, 0.15) is 18.0 Å². The second-order valence-corrected chi connectivity index (χ2v) is 9.65. The summed E-state index contributed by atoms with van der Waals surface area (Å²) in [6, 6.07) is 20.2. The molecule has 0 aliphatic carbocycles. The molecule has 3 aromatic rings. The largest absolute Gasteiger partial charge is 0.497 e. The van der Waals surface area contributed by atoms with Gasteiger partial charge in [0, 0.05) is 6.07 Å². The molecule has 0 aliphatic rings. The number of anilines is 1. The van der Waals surface area contributed by atoms with Crippen LogP contribution in [0.5, 0.6) is 11.5 Å². The van der Waals surface area contributed by atoms with Crippen LogP contribution in [0, 0.1) is 6.92 Å². The Labute approximate surface area is 201 Å². The molecule has 0 heterocycles. The smallest absolute Gasteiger partial charge is 0.264 e. The van der Waals surface area contributed by atoms with Gasteiger partial charge in [-0.15, -0.1) is 0 Å². The van der Waals surface area contributed by atoms with Gasteiger partial charge in [-0.25, -0.2) is 8.42 Å². The van der Waals surface area contributed by atoms with Gasteiger partial charge < -0.3 is 14.8 Å². The molecule has 0 spiro atoms. The van der Waals surface area contributed by atoms with E-state index < -0.39 is 15.9 Å². The first kappa shape index (κ1) is 25.1. The summed E-state index contributed by atoms with van der Waals surface area (Å²) in [4.78, 5) is 13.2. The zero-order valence-corrected chi connectivity index (χ0v) is 20.6. The fourth-order valence-corrected chi connectivity index (χ4v) is 5.14. The van der Waals surface area contributed by atoms with Crippen molar-refractivity contribution in [2.24, 2.45) is 0 Å². The molecule has 0 fully saturated rings. The van der Waals surface area contributed by atoms with Gasteiger partial charge >= 0.3 is 0 Å². The second kappa shape index (κ2) is 11.1. The molecule has 34 heavy (non-hydrogen) atoms. The van der Waals surface area contributed by atoms with Crippen LogP contribution in [0.15, 0.2) is 77.7 Å². The highest BCUT2D eigenvalue weighted by Crippen LogP contribution is 2.28. The van der Waals surface area contributed by atoms with Crippen molar-refractivity contribution in [1.82, 2.24) is 5.32 Å². The van der Waals surface area contributed by atoms with Gasteiger partial charge in [-0.05, 0) is 54.8 Å². The van der Waals surface area contributed by atoms with Crippen LogP contribution in [-0.4, -0.2) is 35.1 Å². The van der Waals surface area contributed by atoms with Gasteiger partial charge in [-0.2, -0.15) is 0 Å². The molecule has 0 aliphatic heterocycles. The molecule has 0 saturated carbocycles. The third-order valence-corrected chi connectivity index (χ3v) is 7.31. The number of aryl methyl sites for hydroxylation is 1. The van der Waals surface area contributed by atoms with E-state index in [1.54, 1.807) is 49.6 Å². The van der Waals surface area contributed by atoms with Gasteiger partial charge in [-0.3, -0.25) is 9.10 Å². The van der Waals surface area contributed by atoms with Crippen molar-refractivity contribution in [1.29, 1.82) is 0 Å². The van der Waals surface area contributed by atoms with Crippen LogP contribution in [0.3, 0.4) is 0 Å². The van der Waals surface area contributed by atoms with Crippen molar-refractivity contribution in [3.63, 3.8) is 0 Å². The summed E-state index contributed by atoms with van der Waals surface area (Å²) in [5, 5.41) is 2.98. The van der Waals surface area contributed by atoms with Gasteiger partial charge in [-0.1, -0.05) is 43.3 Å². The number of carbonyl (C=O) groups is 1. The lowest BCUT2D eigenvalue weighted by molar-refractivity contribution is -0.120. The minimum absolute atomic E-state index is 0.100. The minimum atomic E-state index is -4.00. The van der Waals surface area contributed by atoms with E-state index in [1.807, 2.05) is 32.0 Å². The summed E-state index contributed by atoms with van der Waals surface area (Å²) >= 11 is 0. The van der Waals surface area contributed by atoms with Crippen LogP contribution in [0.1, 0.15) is 30.5 Å². The Kier molecular flexibility index (Phi) is 8.17. The predicted octanol–water partition coefficient (Wildman–Crippen LogP) is 4.48. The topological polar surface area (TPSA) is 84.9 Å². The van der Waals surface area contributed by atoms with Crippen molar-refractivity contribution in [2.75, 3.05) is 25.1 Å². The Hall–Kier alpha value is -3.52. The lowest BCUT2D eigenvalue weighted by atomic mass is 10.0. The van der Waals surface area contributed by atoms with E-state index in [-0.39, 0.29) is 17.5 Å². The van der Waals surface area contributed by atoms with Crippen LogP contribution < -0.4 is 19.1 Å². The van der Waals surface area contributed by atoms with E-state index in [1.165, 1.54) is 19.2 Å². The summed E-state index contributed by atoms with van der Waals surface area (Å²) in [5.41, 5.74) is 2.22. The molecule has 180 valence electrons.